The van der Waals surface area contributed by atoms with Gasteiger partial charge in [-0.15, -0.1) is 0 Å². The molecule has 0 aromatic heterocycles. The molecule has 0 bridgehead atoms. The van der Waals surface area contributed by atoms with E-state index in [1.807, 2.05) is 6.08 Å². The summed E-state index contributed by atoms with van der Waals surface area (Å²) < 4.78 is 0. The Bertz CT molecular complexity index is 517. The predicted octanol–water partition coefficient (Wildman–Crippen LogP) is 12.2. The molecule has 0 saturated heterocycles. The first-order valence-electron chi connectivity index (χ1n) is 15.7. The van der Waals surface area contributed by atoms with Gasteiger partial charge in [0.25, 0.3) is 0 Å². The van der Waals surface area contributed by atoms with Crippen LogP contribution in [-0.4, -0.2) is 5.11 Å². The first kappa shape index (κ1) is 31.3. The highest BCUT2D eigenvalue weighted by Crippen LogP contribution is 2.42. The molecule has 200 valence electrons. The molecule has 1 N–H and O–H groups in total. The van der Waals surface area contributed by atoms with Crippen molar-refractivity contribution in [2.24, 2.45) is 5.41 Å². The van der Waals surface area contributed by atoms with Gasteiger partial charge in [0.05, 0.1) is 5.76 Å². The Labute approximate surface area is 215 Å². The minimum absolute atomic E-state index is 0.0128. The molecule has 1 aliphatic carbocycles. The van der Waals surface area contributed by atoms with E-state index in [1.165, 1.54) is 148 Å². The topological polar surface area (TPSA) is 20.2 Å². The molecule has 0 radical (unpaired) electrons. The van der Waals surface area contributed by atoms with Crippen LogP contribution in [0.3, 0.4) is 0 Å². The van der Waals surface area contributed by atoms with Crippen LogP contribution in [-0.2, 0) is 0 Å². The molecule has 1 unspecified atom stereocenters. The summed E-state index contributed by atoms with van der Waals surface area (Å²) in [5.41, 5.74) is 1.56. The maximum Gasteiger partial charge on any atom is 0.0984 e. The number of rotatable bonds is 24. The molecule has 1 rings (SSSR count). The van der Waals surface area contributed by atoms with Gasteiger partial charge in [-0.25, -0.2) is 0 Å². The molecule has 0 aromatic carbocycles. The molecular formula is C33H62O. The summed E-state index contributed by atoms with van der Waals surface area (Å²) in [6.07, 6.45) is 38.4. The maximum atomic E-state index is 10.6. The second-order valence-electron chi connectivity index (χ2n) is 11.7. The zero-order chi connectivity index (χ0) is 24.7. The van der Waals surface area contributed by atoms with Gasteiger partial charge in [-0.05, 0) is 31.8 Å². The van der Waals surface area contributed by atoms with Crippen LogP contribution < -0.4 is 0 Å². The van der Waals surface area contributed by atoms with Gasteiger partial charge in [0, 0.05) is 5.41 Å². The molecule has 1 atom stereocenters. The third-order valence-corrected chi connectivity index (χ3v) is 8.15. The lowest BCUT2D eigenvalue weighted by atomic mass is 9.74. The van der Waals surface area contributed by atoms with Crippen LogP contribution in [0.4, 0.5) is 0 Å². The Morgan fingerprint density at radius 1 is 0.559 bits per heavy atom. The summed E-state index contributed by atoms with van der Waals surface area (Å²) in [6.45, 7) is 6.88. The van der Waals surface area contributed by atoms with E-state index < -0.39 is 0 Å². The van der Waals surface area contributed by atoms with Crippen LogP contribution in [0.15, 0.2) is 23.5 Å². The van der Waals surface area contributed by atoms with Gasteiger partial charge in [0.2, 0.25) is 0 Å². The van der Waals surface area contributed by atoms with Crippen molar-refractivity contribution in [1.29, 1.82) is 0 Å². The number of allylic oxidation sites excluding steroid dienone is 4. The summed E-state index contributed by atoms with van der Waals surface area (Å²) in [5, 5.41) is 10.6. The van der Waals surface area contributed by atoms with Crippen molar-refractivity contribution in [3.05, 3.63) is 23.5 Å². The lowest BCUT2D eigenvalue weighted by Gasteiger charge is -2.33. The average Bonchev–Trinajstić information content (AvgIpc) is 2.83. The van der Waals surface area contributed by atoms with Crippen LogP contribution >= 0.6 is 0 Å². The van der Waals surface area contributed by atoms with Crippen LogP contribution in [0.5, 0.6) is 0 Å². The summed E-state index contributed by atoms with van der Waals surface area (Å²) in [7, 11) is 0. The van der Waals surface area contributed by atoms with E-state index in [1.54, 1.807) is 5.57 Å². The quantitative estimate of drug-likeness (QED) is 0.138. The Morgan fingerprint density at radius 3 is 1.38 bits per heavy atom. The van der Waals surface area contributed by atoms with E-state index in [0.29, 0.717) is 5.76 Å². The van der Waals surface area contributed by atoms with Crippen LogP contribution in [0.2, 0.25) is 0 Å². The van der Waals surface area contributed by atoms with E-state index >= 15 is 0 Å². The third-order valence-electron chi connectivity index (χ3n) is 8.15. The Morgan fingerprint density at radius 2 is 0.941 bits per heavy atom. The number of aliphatic hydroxyl groups excluding tert-OH is 1. The maximum absolute atomic E-state index is 10.6. The van der Waals surface area contributed by atoms with Crippen LogP contribution in [0, 0.1) is 5.41 Å². The molecule has 1 heteroatoms. The molecule has 34 heavy (non-hydrogen) atoms. The molecule has 0 amide bonds. The van der Waals surface area contributed by atoms with Crippen molar-refractivity contribution in [2.75, 3.05) is 0 Å². The Balaban J connectivity index is 2.04. The molecule has 1 aliphatic rings. The predicted molar refractivity (Wildman–Crippen MR) is 154 cm³/mol. The summed E-state index contributed by atoms with van der Waals surface area (Å²) in [5.74, 6) is 0.627. The minimum Gasteiger partial charge on any atom is -0.512 e. The zero-order valence-electron chi connectivity index (χ0n) is 23.8. The zero-order valence-corrected chi connectivity index (χ0v) is 23.8. The van der Waals surface area contributed by atoms with Crippen LogP contribution in [0.1, 0.15) is 181 Å². The van der Waals surface area contributed by atoms with Crippen molar-refractivity contribution >= 4 is 0 Å². The van der Waals surface area contributed by atoms with E-state index in [9.17, 15) is 5.11 Å². The molecule has 0 saturated carbocycles. The van der Waals surface area contributed by atoms with E-state index in [0.717, 1.165) is 12.8 Å². The fraction of sp³-hybridized carbons (Fsp3) is 0.879. The van der Waals surface area contributed by atoms with Gasteiger partial charge in [0.1, 0.15) is 0 Å². The standard InChI is InChI=1S/C33H62O/c1-4-6-8-10-12-14-16-18-20-22-24-26-31-27-28-32(34)33(3,30-31)29-25-23-21-19-17-15-13-11-9-7-5-2/h27-28,34H,4-26,29-30H2,1-3H3. The molecule has 1 nitrogen and oxygen atoms in total. The average molecular weight is 475 g/mol. The number of unbranched alkanes of at least 4 members (excludes halogenated alkanes) is 20. The fourth-order valence-corrected chi connectivity index (χ4v) is 5.63. The normalized spacial score (nSPS) is 18.2. The highest BCUT2D eigenvalue weighted by Gasteiger charge is 2.31. The monoisotopic (exact) mass is 474 g/mol. The first-order chi connectivity index (χ1) is 16.6. The van der Waals surface area contributed by atoms with E-state index in [2.05, 4.69) is 26.8 Å². The number of aliphatic hydroxyl groups is 1. The fourth-order valence-electron chi connectivity index (χ4n) is 5.63. The second-order valence-corrected chi connectivity index (χ2v) is 11.7. The minimum atomic E-state index is -0.0128. The van der Waals surface area contributed by atoms with Crippen molar-refractivity contribution in [2.45, 2.75) is 181 Å². The Hall–Kier alpha value is -0.720. The smallest absolute Gasteiger partial charge is 0.0984 e. The number of hydrogen-bond donors (Lipinski definition) is 1. The first-order valence-corrected chi connectivity index (χ1v) is 15.7. The van der Waals surface area contributed by atoms with Gasteiger partial charge in [-0.3, -0.25) is 0 Å². The lowest BCUT2D eigenvalue weighted by Crippen LogP contribution is -2.22. The summed E-state index contributed by atoms with van der Waals surface area (Å²) >= 11 is 0. The van der Waals surface area contributed by atoms with Gasteiger partial charge in [0.15, 0.2) is 0 Å². The highest BCUT2D eigenvalue weighted by atomic mass is 16.3. The largest absolute Gasteiger partial charge is 0.512 e. The van der Waals surface area contributed by atoms with Gasteiger partial charge < -0.3 is 5.11 Å². The van der Waals surface area contributed by atoms with Crippen molar-refractivity contribution in [1.82, 2.24) is 0 Å². The summed E-state index contributed by atoms with van der Waals surface area (Å²) in [4.78, 5) is 0. The summed E-state index contributed by atoms with van der Waals surface area (Å²) in [6, 6.07) is 0. The molecule has 0 aromatic rings. The number of hydrogen-bond acceptors (Lipinski definition) is 1. The van der Waals surface area contributed by atoms with Crippen molar-refractivity contribution < 1.29 is 5.11 Å². The lowest BCUT2D eigenvalue weighted by molar-refractivity contribution is 0.210. The van der Waals surface area contributed by atoms with Gasteiger partial charge in [-0.1, -0.05) is 167 Å². The van der Waals surface area contributed by atoms with Gasteiger partial charge in [-0.2, -0.15) is 0 Å². The molecule has 0 heterocycles. The molecule has 0 fully saturated rings. The van der Waals surface area contributed by atoms with Crippen molar-refractivity contribution in [3.8, 4) is 0 Å². The third kappa shape index (κ3) is 16.0. The van der Waals surface area contributed by atoms with Crippen LogP contribution in [0.25, 0.3) is 0 Å². The molecule has 0 spiro atoms. The molecular weight excluding hydrogens is 412 g/mol. The second kappa shape index (κ2) is 21.6. The highest BCUT2D eigenvalue weighted by molar-refractivity contribution is 5.26. The van der Waals surface area contributed by atoms with E-state index in [4.69, 9.17) is 0 Å². The van der Waals surface area contributed by atoms with Crippen molar-refractivity contribution in [3.63, 3.8) is 0 Å². The Kier molecular flexibility index (Phi) is 19.8. The van der Waals surface area contributed by atoms with E-state index in [-0.39, 0.29) is 5.41 Å². The SMILES string of the molecule is CCCCCCCCCCCCCC1=CC=C(O)C(C)(CCCCCCCCCCCCC)C1. The molecule has 0 aliphatic heterocycles. The van der Waals surface area contributed by atoms with Gasteiger partial charge >= 0.3 is 0 Å².